The van der Waals surface area contributed by atoms with Crippen molar-refractivity contribution in [2.45, 2.75) is 6.54 Å². The Morgan fingerprint density at radius 3 is 2.57 bits per heavy atom. The number of para-hydroxylation sites is 1. The van der Waals surface area contributed by atoms with Gasteiger partial charge in [-0.2, -0.15) is 0 Å². The molecule has 0 spiro atoms. The Hall–Kier alpha value is -2.22. The molecule has 1 N–H and O–H groups in total. The summed E-state index contributed by atoms with van der Waals surface area (Å²) in [7, 11) is 3.83. The Bertz CT molecular complexity index is 771. The van der Waals surface area contributed by atoms with Crippen LogP contribution in [0.1, 0.15) is 5.56 Å². The van der Waals surface area contributed by atoms with Crippen LogP contribution >= 0.6 is 24.0 Å². The molecule has 0 bridgehead atoms. The first-order valence-electron chi connectivity index (χ1n) is 9.35. The van der Waals surface area contributed by atoms with E-state index in [-0.39, 0.29) is 24.0 Å². The van der Waals surface area contributed by atoms with E-state index in [1.165, 1.54) is 11.3 Å². The first-order chi connectivity index (χ1) is 13.3. The first-order valence-corrected chi connectivity index (χ1v) is 9.35. The van der Waals surface area contributed by atoms with Crippen LogP contribution in [-0.2, 0) is 6.54 Å². The van der Waals surface area contributed by atoms with Gasteiger partial charge < -0.3 is 19.9 Å². The third-order valence-electron chi connectivity index (χ3n) is 4.56. The number of aliphatic imine (C=N–C) groups is 1. The predicted octanol–water partition coefficient (Wildman–Crippen LogP) is 3.77. The van der Waals surface area contributed by atoms with Gasteiger partial charge in [-0.25, -0.2) is 0 Å². The van der Waals surface area contributed by atoms with Gasteiger partial charge in [0.2, 0.25) is 0 Å². The van der Waals surface area contributed by atoms with Crippen molar-refractivity contribution in [2.75, 3.05) is 45.2 Å². The lowest BCUT2D eigenvalue weighted by Crippen LogP contribution is -2.40. The van der Waals surface area contributed by atoms with E-state index in [1.54, 1.807) is 0 Å². The van der Waals surface area contributed by atoms with Gasteiger partial charge in [0.15, 0.2) is 5.96 Å². The van der Waals surface area contributed by atoms with E-state index < -0.39 is 0 Å². The lowest BCUT2D eigenvalue weighted by molar-refractivity contribution is 0.281. The van der Waals surface area contributed by atoms with Gasteiger partial charge in [0.25, 0.3) is 0 Å². The molecule has 5 nitrogen and oxygen atoms in total. The largest absolute Gasteiger partial charge is 0.492 e. The molecule has 0 atom stereocenters. The SMILES string of the molecule is CN=C(NCc1cccc(N2CC=CC2)c1)N(C)CCOc1ccccc1.I. The molecule has 1 heterocycles. The molecule has 0 aliphatic carbocycles. The highest BCUT2D eigenvalue weighted by atomic mass is 127. The minimum Gasteiger partial charge on any atom is -0.492 e. The number of guanidine groups is 1. The van der Waals surface area contributed by atoms with Crippen LogP contribution in [0.15, 0.2) is 71.7 Å². The second-order valence-electron chi connectivity index (χ2n) is 6.53. The minimum absolute atomic E-state index is 0. The van der Waals surface area contributed by atoms with Gasteiger partial charge in [-0.1, -0.05) is 42.5 Å². The summed E-state index contributed by atoms with van der Waals surface area (Å²) < 4.78 is 5.77. The Morgan fingerprint density at radius 1 is 1.11 bits per heavy atom. The van der Waals surface area contributed by atoms with Gasteiger partial charge >= 0.3 is 0 Å². The molecule has 2 aromatic carbocycles. The van der Waals surface area contributed by atoms with Crippen LogP contribution in [0.4, 0.5) is 5.69 Å². The smallest absolute Gasteiger partial charge is 0.193 e. The van der Waals surface area contributed by atoms with E-state index in [2.05, 4.69) is 56.5 Å². The summed E-state index contributed by atoms with van der Waals surface area (Å²) in [5.41, 5.74) is 2.51. The van der Waals surface area contributed by atoms with E-state index in [0.29, 0.717) is 6.61 Å². The van der Waals surface area contributed by atoms with Crippen molar-refractivity contribution in [1.29, 1.82) is 0 Å². The van der Waals surface area contributed by atoms with Crippen molar-refractivity contribution in [3.05, 3.63) is 72.3 Å². The minimum atomic E-state index is 0. The van der Waals surface area contributed by atoms with Crippen molar-refractivity contribution in [2.24, 2.45) is 4.99 Å². The van der Waals surface area contributed by atoms with Crippen LogP contribution in [0.5, 0.6) is 5.75 Å². The van der Waals surface area contributed by atoms with Crippen LogP contribution in [0.25, 0.3) is 0 Å². The second kappa shape index (κ2) is 11.6. The second-order valence-corrected chi connectivity index (χ2v) is 6.53. The molecule has 28 heavy (non-hydrogen) atoms. The lowest BCUT2D eigenvalue weighted by Gasteiger charge is -2.23. The zero-order valence-electron chi connectivity index (χ0n) is 16.5. The molecule has 3 rings (SSSR count). The predicted molar refractivity (Wildman–Crippen MR) is 128 cm³/mol. The van der Waals surface area contributed by atoms with Gasteiger partial charge in [-0.05, 0) is 29.8 Å². The number of anilines is 1. The van der Waals surface area contributed by atoms with Crippen molar-refractivity contribution < 1.29 is 4.74 Å². The fourth-order valence-electron chi connectivity index (χ4n) is 3.04. The zero-order valence-corrected chi connectivity index (χ0v) is 18.9. The summed E-state index contributed by atoms with van der Waals surface area (Å²) in [6.45, 7) is 4.09. The lowest BCUT2D eigenvalue weighted by atomic mass is 10.2. The number of hydrogen-bond donors (Lipinski definition) is 1. The van der Waals surface area contributed by atoms with E-state index >= 15 is 0 Å². The molecule has 6 heteroatoms. The van der Waals surface area contributed by atoms with Crippen molar-refractivity contribution >= 4 is 35.6 Å². The Labute approximate surface area is 185 Å². The van der Waals surface area contributed by atoms with Gasteiger partial charge in [-0.3, -0.25) is 4.99 Å². The average Bonchev–Trinajstić information content (AvgIpc) is 3.24. The van der Waals surface area contributed by atoms with E-state index in [1.807, 2.05) is 44.4 Å². The summed E-state index contributed by atoms with van der Waals surface area (Å²) >= 11 is 0. The molecular weight excluding hydrogens is 463 g/mol. The van der Waals surface area contributed by atoms with Crippen molar-refractivity contribution in [3.63, 3.8) is 0 Å². The molecule has 0 amide bonds. The molecule has 1 aliphatic heterocycles. The molecular formula is C22H29IN4O. The molecule has 0 saturated heterocycles. The third-order valence-corrected chi connectivity index (χ3v) is 4.56. The van der Waals surface area contributed by atoms with E-state index in [9.17, 15) is 0 Å². The zero-order chi connectivity index (χ0) is 18.9. The normalized spacial score (nSPS) is 13.2. The summed E-state index contributed by atoms with van der Waals surface area (Å²) in [5.74, 6) is 1.75. The molecule has 1 aliphatic rings. The average molecular weight is 492 g/mol. The number of rotatable bonds is 7. The molecule has 0 aromatic heterocycles. The monoisotopic (exact) mass is 492 g/mol. The van der Waals surface area contributed by atoms with E-state index in [4.69, 9.17) is 4.74 Å². The van der Waals surface area contributed by atoms with Crippen molar-refractivity contribution in [3.8, 4) is 5.75 Å². The Morgan fingerprint density at radius 2 is 1.86 bits per heavy atom. The van der Waals surface area contributed by atoms with Gasteiger partial charge in [-0.15, -0.1) is 24.0 Å². The summed E-state index contributed by atoms with van der Waals surface area (Å²) in [5, 5.41) is 3.44. The Balaban J connectivity index is 0.00000280. The number of likely N-dealkylation sites (N-methyl/N-ethyl adjacent to an activating group) is 1. The first kappa shape index (κ1) is 22.1. The molecule has 0 unspecified atom stereocenters. The van der Waals surface area contributed by atoms with Gasteiger partial charge in [0.1, 0.15) is 12.4 Å². The topological polar surface area (TPSA) is 40.1 Å². The molecule has 0 fully saturated rings. The van der Waals surface area contributed by atoms with Crippen LogP contribution in [0.3, 0.4) is 0 Å². The van der Waals surface area contributed by atoms with Crippen molar-refractivity contribution in [1.82, 2.24) is 10.2 Å². The van der Waals surface area contributed by atoms with E-state index in [0.717, 1.165) is 37.9 Å². The maximum Gasteiger partial charge on any atom is 0.193 e. The molecule has 0 radical (unpaired) electrons. The van der Waals surface area contributed by atoms with Crippen LogP contribution in [0.2, 0.25) is 0 Å². The standard InChI is InChI=1S/C22H28N4O.HI/c1-23-22(25(2)15-16-27-21-11-4-3-5-12-21)24-18-19-9-8-10-20(17-19)26-13-6-7-14-26;/h3-12,17H,13-16,18H2,1-2H3,(H,23,24);1H. The number of benzene rings is 2. The number of nitrogens with zero attached hydrogens (tertiary/aromatic N) is 3. The molecule has 0 saturated carbocycles. The maximum atomic E-state index is 5.77. The maximum absolute atomic E-state index is 5.77. The summed E-state index contributed by atoms with van der Waals surface area (Å²) in [6, 6.07) is 18.5. The highest BCUT2D eigenvalue weighted by Crippen LogP contribution is 2.18. The Kier molecular flexibility index (Phi) is 9.13. The summed E-state index contributed by atoms with van der Waals surface area (Å²) in [6.07, 6.45) is 4.42. The highest BCUT2D eigenvalue weighted by Gasteiger charge is 2.09. The number of hydrogen-bond acceptors (Lipinski definition) is 3. The van der Waals surface area contributed by atoms with Gasteiger partial charge in [0.05, 0.1) is 6.54 Å². The number of ether oxygens (including phenoxy) is 1. The third kappa shape index (κ3) is 6.44. The van der Waals surface area contributed by atoms with Crippen LogP contribution in [0, 0.1) is 0 Å². The van der Waals surface area contributed by atoms with Crippen LogP contribution in [-0.4, -0.2) is 51.2 Å². The quantitative estimate of drug-likeness (QED) is 0.277. The fourth-order valence-corrected chi connectivity index (χ4v) is 3.04. The number of halogens is 1. The summed E-state index contributed by atoms with van der Waals surface area (Å²) in [4.78, 5) is 8.82. The van der Waals surface area contributed by atoms with Crippen LogP contribution < -0.4 is 15.0 Å². The molecule has 2 aromatic rings. The fraction of sp³-hybridized carbons (Fsp3) is 0.318. The highest BCUT2D eigenvalue weighted by molar-refractivity contribution is 14.0. The molecule has 150 valence electrons. The number of nitrogens with one attached hydrogen (secondary N) is 1. The van der Waals surface area contributed by atoms with Gasteiger partial charge in [0, 0.05) is 39.4 Å².